The second kappa shape index (κ2) is 5.96. The van der Waals surface area contributed by atoms with Crippen LogP contribution in [0.4, 0.5) is 5.69 Å². The SMILES string of the molecule is COc1ccc(OC)c(NC(=O)c2sc(C3CC3)nc2C)c1. The molecule has 1 aromatic heterocycles. The Morgan fingerprint density at radius 3 is 2.73 bits per heavy atom. The molecule has 0 spiro atoms. The zero-order valence-corrected chi connectivity index (χ0v) is 13.6. The minimum Gasteiger partial charge on any atom is -0.497 e. The highest BCUT2D eigenvalue weighted by Gasteiger charge is 2.29. The fraction of sp³-hybridized carbons (Fsp3) is 0.375. The van der Waals surface area contributed by atoms with E-state index in [4.69, 9.17) is 9.47 Å². The van der Waals surface area contributed by atoms with E-state index in [9.17, 15) is 4.79 Å². The minimum absolute atomic E-state index is 0.159. The summed E-state index contributed by atoms with van der Waals surface area (Å²) < 4.78 is 10.5. The highest BCUT2D eigenvalue weighted by molar-refractivity contribution is 7.14. The quantitative estimate of drug-likeness (QED) is 0.915. The zero-order chi connectivity index (χ0) is 15.7. The summed E-state index contributed by atoms with van der Waals surface area (Å²) in [4.78, 5) is 17.7. The van der Waals surface area contributed by atoms with E-state index >= 15 is 0 Å². The summed E-state index contributed by atoms with van der Waals surface area (Å²) in [6, 6.07) is 5.30. The Kier molecular flexibility index (Phi) is 4.02. The van der Waals surface area contributed by atoms with Crippen LogP contribution in [-0.2, 0) is 0 Å². The number of thiazole rings is 1. The van der Waals surface area contributed by atoms with Crippen LogP contribution < -0.4 is 14.8 Å². The largest absolute Gasteiger partial charge is 0.497 e. The highest BCUT2D eigenvalue weighted by Crippen LogP contribution is 2.42. The zero-order valence-electron chi connectivity index (χ0n) is 12.8. The van der Waals surface area contributed by atoms with Gasteiger partial charge in [0, 0.05) is 12.0 Å². The molecule has 1 amide bonds. The Labute approximate surface area is 133 Å². The highest BCUT2D eigenvalue weighted by atomic mass is 32.1. The summed E-state index contributed by atoms with van der Waals surface area (Å²) in [6.07, 6.45) is 2.36. The fourth-order valence-corrected chi connectivity index (χ4v) is 3.35. The van der Waals surface area contributed by atoms with Crippen molar-refractivity contribution in [2.45, 2.75) is 25.7 Å². The van der Waals surface area contributed by atoms with Gasteiger partial charge in [-0.2, -0.15) is 0 Å². The minimum atomic E-state index is -0.159. The molecule has 5 nitrogen and oxygen atoms in total. The van der Waals surface area contributed by atoms with Crippen LogP contribution in [0, 0.1) is 6.92 Å². The number of aryl methyl sites for hydroxylation is 1. The number of ether oxygens (including phenoxy) is 2. The summed E-state index contributed by atoms with van der Waals surface area (Å²) >= 11 is 1.49. The molecule has 1 aliphatic carbocycles. The van der Waals surface area contributed by atoms with Crippen LogP contribution >= 0.6 is 11.3 Å². The predicted molar refractivity (Wildman–Crippen MR) is 86.3 cm³/mol. The standard InChI is InChI=1S/C16H18N2O3S/c1-9-14(22-16(17-9)10-4-5-10)15(19)18-12-8-11(20-2)6-7-13(12)21-3/h6-8,10H,4-5H2,1-3H3,(H,18,19). The molecule has 0 radical (unpaired) electrons. The van der Waals surface area contributed by atoms with E-state index in [1.165, 1.54) is 24.2 Å². The third-order valence-electron chi connectivity index (χ3n) is 3.60. The van der Waals surface area contributed by atoms with Crippen LogP contribution in [0.3, 0.4) is 0 Å². The maximum atomic E-state index is 12.5. The molecular formula is C16H18N2O3S. The molecule has 1 saturated carbocycles. The van der Waals surface area contributed by atoms with Crippen molar-refractivity contribution in [1.82, 2.24) is 4.98 Å². The molecule has 1 heterocycles. The maximum Gasteiger partial charge on any atom is 0.267 e. The van der Waals surface area contributed by atoms with Crippen molar-refractivity contribution in [2.24, 2.45) is 0 Å². The van der Waals surface area contributed by atoms with Crippen LogP contribution in [0.1, 0.15) is 39.1 Å². The van der Waals surface area contributed by atoms with Gasteiger partial charge in [-0.25, -0.2) is 4.98 Å². The maximum absolute atomic E-state index is 12.5. The Bertz CT molecular complexity index is 707. The van der Waals surface area contributed by atoms with Crippen molar-refractivity contribution in [3.05, 3.63) is 33.8 Å². The van der Waals surface area contributed by atoms with Crippen molar-refractivity contribution >= 4 is 22.9 Å². The number of rotatable bonds is 5. The Morgan fingerprint density at radius 2 is 2.09 bits per heavy atom. The van der Waals surface area contributed by atoms with E-state index in [2.05, 4.69) is 10.3 Å². The molecule has 22 heavy (non-hydrogen) atoms. The number of nitrogens with zero attached hydrogens (tertiary/aromatic N) is 1. The Balaban J connectivity index is 1.84. The number of hydrogen-bond donors (Lipinski definition) is 1. The van der Waals surface area contributed by atoms with Crippen molar-refractivity contribution in [3.63, 3.8) is 0 Å². The molecule has 0 saturated heterocycles. The number of amides is 1. The fourth-order valence-electron chi connectivity index (χ4n) is 2.22. The first kappa shape index (κ1) is 14.8. The number of aromatic nitrogens is 1. The van der Waals surface area contributed by atoms with E-state index in [1.54, 1.807) is 32.4 Å². The van der Waals surface area contributed by atoms with Gasteiger partial charge in [0.15, 0.2) is 0 Å². The Morgan fingerprint density at radius 1 is 1.32 bits per heavy atom. The van der Waals surface area contributed by atoms with Crippen LogP contribution in [-0.4, -0.2) is 25.1 Å². The lowest BCUT2D eigenvalue weighted by Crippen LogP contribution is -2.12. The second-order valence-corrected chi connectivity index (χ2v) is 6.29. The molecule has 0 aliphatic heterocycles. The van der Waals surface area contributed by atoms with Gasteiger partial charge in [-0.3, -0.25) is 4.79 Å². The molecular weight excluding hydrogens is 300 g/mol. The Hall–Kier alpha value is -2.08. The second-order valence-electron chi connectivity index (χ2n) is 5.26. The third kappa shape index (κ3) is 2.92. The molecule has 6 heteroatoms. The predicted octanol–water partition coefficient (Wildman–Crippen LogP) is 3.60. The van der Waals surface area contributed by atoms with Gasteiger partial charge in [0.2, 0.25) is 0 Å². The van der Waals surface area contributed by atoms with Gasteiger partial charge in [-0.1, -0.05) is 0 Å². The lowest BCUT2D eigenvalue weighted by Gasteiger charge is -2.11. The number of methoxy groups -OCH3 is 2. The molecule has 1 aromatic carbocycles. The van der Waals surface area contributed by atoms with E-state index in [-0.39, 0.29) is 5.91 Å². The molecule has 0 bridgehead atoms. The number of anilines is 1. The van der Waals surface area contributed by atoms with Gasteiger partial charge in [-0.15, -0.1) is 11.3 Å². The average molecular weight is 318 g/mol. The van der Waals surface area contributed by atoms with Crippen LogP contribution in [0.25, 0.3) is 0 Å². The van der Waals surface area contributed by atoms with E-state index in [0.29, 0.717) is 28.0 Å². The first-order valence-electron chi connectivity index (χ1n) is 7.13. The lowest BCUT2D eigenvalue weighted by atomic mass is 10.2. The van der Waals surface area contributed by atoms with E-state index in [0.717, 1.165) is 10.7 Å². The van der Waals surface area contributed by atoms with Crippen LogP contribution in [0.5, 0.6) is 11.5 Å². The van der Waals surface area contributed by atoms with Crippen molar-refractivity contribution < 1.29 is 14.3 Å². The van der Waals surface area contributed by atoms with E-state index in [1.807, 2.05) is 6.92 Å². The summed E-state index contributed by atoms with van der Waals surface area (Å²) in [7, 11) is 3.16. The number of carbonyl (C=O) groups is 1. The molecule has 3 rings (SSSR count). The topological polar surface area (TPSA) is 60.5 Å². The van der Waals surface area contributed by atoms with E-state index < -0.39 is 0 Å². The first-order valence-corrected chi connectivity index (χ1v) is 7.94. The number of hydrogen-bond acceptors (Lipinski definition) is 5. The third-order valence-corrected chi connectivity index (χ3v) is 4.92. The molecule has 1 aliphatic rings. The summed E-state index contributed by atoms with van der Waals surface area (Å²) in [5.41, 5.74) is 1.37. The summed E-state index contributed by atoms with van der Waals surface area (Å²) in [5.74, 6) is 1.65. The van der Waals surface area contributed by atoms with Gasteiger partial charge < -0.3 is 14.8 Å². The van der Waals surface area contributed by atoms with Gasteiger partial charge in [0.05, 0.1) is 30.6 Å². The molecule has 1 N–H and O–H groups in total. The van der Waals surface area contributed by atoms with Gasteiger partial charge in [0.25, 0.3) is 5.91 Å². The number of nitrogens with one attached hydrogen (secondary N) is 1. The summed E-state index contributed by atoms with van der Waals surface area (Å²) in [5, 5.41) is 3.96. The molecule has 1 fully saturated rings. The van der Waals surface area contributed by atoms with Crippen molar-refractivity contribution in [3.8, 4) is 11.5 Å². The average Bonchev–Trinajstić information content (AvgIpc) is 3.29. The molecule has 2 aromatic rings. The van der Waals surface area contributed by atoms with Crippen LogP contribution in [0.15, 0.2) is 18.2 Å². The monoisotopic (exact) mass is 318 g/mol. The smallest absolute Gasteiger partial charge is 0.267 e. The lowest BCUT2D eigenvalue weighted by molar-refractivity contribution is 0.102. The first-order chi connectivity index (χ1) is 10.6. The van der Waals surface area contributed by atoms with Crippen molar-refractivity contribution in [1.29, 1.82) is 0 Å². The molecule has 116 valence electrons. The normalized spacial score (nSPS) is 13.8. The number of benzene rings is 1. The van der Waals surface area contributed by atoms with Gasteiger partial charge in [0.1, 0.15) is 16.4 Å². The van der Waals surface area contributed by atoms with Crippen LogP contribution in [0.2, 0.25) is 0 Å². The van der Waals surface area contributed by atoms with Crippen molar-refractivity contribution in [2.75, 3.05) is 19.5 Å². The number of carbonyl (C=O) groups excluding carboxylic acids is 1. The van der Waals surface area contributed by atoms with Gasteiger partial charge >= 0.3 is 0 Å². The summed E-state index contributed by atoms with van der Waals surface area (Å²) in [6.45, 7) is 1.88. The molecule has 0 unspecified atom stereocenters. The molecule has 0 atom stereocenters. The van der Waals surface area contributed by atoms with Gasteiger partial charge in [-0.05, 0) is 31.9 Å².